The quantitative estimate of drug-likeness (QED) is 0.300. The summed E-state index contributed by atoms with van der Waals surface area (Å²) in [6.07, 6.45) is 1.49. The second kappa shape index (κ2) is 7.47. The van der Waals surface area contributed by atoms with Crippen LogP contribution in [0.3, 0.4) is 0 Å². The van der Waals surface area contributed by atoms with Crippen molar-refractivity contribution >= 4 is 22.8 Å². The minimum absolute atomic E-state index is 0.00714. The number of hydrogen-bond acceptors (Lipinski definition) is 5. The van der Waals surface area contributed by atoms with E-state index in [0.717, 1.165) is 11.1 Å². The number of aromatic nitrogens is 2. The molecule has 1 aromatic heterocycles. The number of para-hydroxylation sites is 1. The van der Waals surface area contributed by atoms with E-state index in [9.17, 15) is 14.9 Å². The van der Waals surface area contributed by atoms with Crippen molar-refractivity contribution in [2.24, 2.45) is 5.10 Å². The number of nitrogens with zero attached hydrogens (tertiary/aromatic N) is 4. The van der Waals surface area contributed by atoms with Crippen LogP contribution in [0, 0.1) is 17.0 Å². The number of non-ortho nitro benzene ring substituents is 1. The van der Waals surface area contributed by atoms with Crippen molar-refractivity contribution in [1.82, 2.24) is 9.66 Å². The molecular formula is C22H16N4O3. The summed E-state index contributed by atoms with van der Waals surface area (Å²) in [5, 5.41) is 15.6. The molecular weight excluding hydrogens is 368 g/mol. The minimum atomic E-state index is -0.463. The van der Waals surface area contributed by atoms with Gasteiger partial charge in [-0.05, 0) is 42.3 Å². The number of hydrogen-bond donors (Lipinski definition) is 0. The zero-order valence-electron chi connectivity index (χ0n) is 15.5. The fraction of sp³-hybridized carbons (Fsp3) is 0.0455. The SMILES string of the molecule is Cc1ccccc1-c1nc2ccccc2c(=O)n1/N=C\c1ccc([N+](=O)[O-])cc1. The van der Waals surface area contributed by atoms with Crippen LogP contribution < -0.4 is 5.56 Å². The molecule has 0 amide bonds. The summed E-state index contributed by atoms with van der Waals surface area (Å²) in [4.78, 5) is 28.1. The van der Waals surface area contributed by atoms with Crippen molar-refractivity contribution in [1.29, 1.82) is 0 Å². The van der Waals surface area contributed by atoms with E-state index in [4.69, 9.17) is 0 Å². The molecule has 29 heavy (non-hydrogen) atoms. The summed E-state index contributed by atoms with van der Waals surface area (Å²) in [6, 6.07) is 20.7. The second-order valence-electron chi connectivity index (χ2n) is 6.48. The zero-order valence-corrected chi connectivity index (χ0v) is 15.5. The van der Waals surface area contributed by atoms with Gasteiger partial charge in [0.1, 0.15) is 0 Å². The lowest BCUT2D eigenvalue weighted by molar-refractivity contribution is -0.384. The number of aryl methyl sites for hydroxylation is 1. The summed E-state index contributed by atoms with van der Waals surface area (Å²) >= 11 is 0. The molecule has 0 unspecified atom stereocenters. The van der Waals surface area contributed by atoms with Gasteiger partial charge < -0.3 is 0 Å². The first-order valence-corrected chi connectivity index (χ1v) is 8.91. The molecule has 0 fully saturated rings. The average Bonchev–Trinajstić information content (AvgIpc) is 2.74. The van der Waals surface area contributed by atoms with Crippen molar-refractivity contribution in [3.05, 3.63) is 104 Å². The van der Waals surface area contributed by atoms with Gasteiger partial charge in [-0.3, -0.25) is 14.9 Å². The summed E-state index contributed by atoms with van der Waals surface area (Å²) in [5.74, 6) is 0.435. The van der Waals surface area contributed by atoms with E-state index in [0.29, 0.717) is 22.3 Å². The van der Waals surface area contributed by atoms with Crippen LogP contribution in [0.2, 0.25) is 0 Å². The van der Waals surface area contributed by atoms with E-state index in [1.807, 2.05) is 37.3 Å². The zero-order chi connectivity index (χ0) is 20.4. The van der Waals surface area contributed by atoms with Crippen LogP contribution in [0.4, 0.5) is 5.69 Å². The van der Waals surface area contributed by atoms with Crippen molar-refractivity contribution in [3.8, 4) is 11.4 Å². The Bertz CT molecular complexity index is 1310. The third-order valence-electron chi connectivity index (χ3n) is 4.57. The van der Waals surface area contributed by atoms with E-state index in [1.54, 1.807) is 30.3 Å². The minimum Gasteiger partial charge on any atom is -0.267 e. The molecule has 7 nitrogen and oxygen atoms in total. The van der Waals surface area contributed by atoms with Gasteiger partial charge in [-0.15, -0.1) is 0 Å². The van der Waals surface area contributed by atoms with Crippen molar-refractivity contribution in [3.63, 3.8) is 0 Å². The lowest BCUT2D eigenvalue weighted by Gasteiger charge is -2.11. The van der Waals surface area contributed by atoms with E-state index in [1.165, 1.54) is 23.0 Å². The highest BCUT2D eigenvalue weighted by molar-refractivity contribution is 5.82. The Morgan fingerprint density at radius 2 is 1.69 bits per heavy atom. The highest BCUT2D eigenvalue weighted by atomic mass is 16.6. The number of nitro groups is 1. The third-order valence-corrected chi connectivity index (χ3v) is 4.57. The van der Waals surface area contributed by atoms with E-state index in [2.05, 4.69) is 10.1 Å². The molecule has 0 atom stereocenters. The summed E-state index contributed by atoms with van der Waals surface area (Å²) in [7, 11) is 0. The second-order valence-corrected chi connectivity index (χ2v) is 6.48. The molecule has 0 radical (unpaired) electrons. The highest BCUT2D eigenvalue weighted by Crippen LogP contribution is 2.22. The van der Waals surface area contributed by atoms with Crippen LogP contribution in [0.25, 0.3) is 22.3 Å². The summed E-state index contributed by atoms with van der Waals surface area (Å²) in [5.41, 5.74) is 2.70. The van der Waals surface area contributed by atoms with Gasteiger partial charge in [0, 0.05) is 17.7 Å². The maximum absolute atomic E-state index is 13.1. The van der Waals surface area contributed by atoms with Crippen LogP contribution in [-0.4, -0.2) is 20.8 Å². The fourth-order valence-electron chi connectivity index (χ4n) is 3.04. The largest absolute Gasteiger partial charge is 0.282 e. The average molecular weight is 384 g/mol. The molecule has 0 saturated carbocycles. The Labute approximate surface area is 165 Å². The van der Waals surface area contributed by atoms with Gasteiger partial charge in [0.25, 0.3) is 11.2 Å². The van der Waals surface area contributed by atoms with Crippen LogP contribution in [0.1, 0.15) is 11.1 Å². The van der Waals surface area contributed by atoms with Crippen molar-refractivity contribution in [2.45, 2.75) is 6.92 Å². The fourth-order valence-corrected chi connectivity index (χ4v) is 3.04. The van der Waals surface area contributed by atoms with Gasteiger partial charge in [-0.2, -0.15) is 9.78 Å². The standard InChI is InChI=1S/C22H16N4O3/c1-15-6-2-3-7-18(15)21-24-20-9-5-4-8-19(20)22(27)25(21)23-14-16-10-12-17(13-11-16)26(28)29/h2-14H,1H3/b23-14-. The van der Waals surface area contributed by atoms with Crippen LogP contribution in [0.5, 0.6) is 0 Å². The van der Waals surface area contributed by atoms with Gasteiger partial charge in [0.05, 0.1) is 22.0 Å². The van der Waals surface area contributed by atoms with Crippen LogP contribution >= 0.6 is 0 Å². The Hall–Kier alpha value is -4.13. The molecule has 1 heterocycles. The molecule has 0 aliphatic carbocycles. The normalized spacial score (nSPS) is 11.2. The molecule has 7 heteroatoms. The Morgan fingerprint density at radius 3 is 2.41 bits per heavy atom. The van der Waals surface area contributed by atoms with Gasteiger partial charge in [-0.25, -0.2) is 4.98 Å². The van der Waals surface area contributed by atoms with Crippen molar-refractivity contribution < 1.29 is 4.92 Å². The van der Waals surface area contributed by atoms with Crippen LogP contribution in [0.15, 0.2) is 82.7 Å². The van der Waals surface area contributed by atoms with E-state index in [-0.39, 0.29) is 11.2 Å². The molecule has 4 rings (SSSR count). The maximum atomic E-state index is 13.1. The number of nitro benzene ring substituents is 1. The molecule has 142 valence electrons. The third kappa shape index (κ3) is 3.53. The van der Waals surface area contributed by atoms with E-state index < -0.39 is 4.92 Å². The molecule has 3 aromatic carbocycles. The number of rotatable bonds is 4. The van der Waals surface area contributed by atoms with Crippen LogP contribution in [-0.2, 0) is 0 Å². The van der Waals surface area contributed by atoms with Crippen molar-refractivity contribution in [2.75, 3.05) is 0 Å². The van der Waals surface area contributed by atoms with Gasteiger partial charge in [0.2, 0.25) is 0 Å². The molecule has 0 spiro atoms. The first-order valence-electron chi connectivity index (χ1n) is 8.91. The van der Waals surface area contributed by atoms with Gasteiger partial charge in [0.15, 0.2) is 5.82 Å². The lowest BCUT2D eigenvalue weighted by atomic mass is 10.1. The monoisotopic (exact) mass is 384 g/mol. The lowest BCUT2D eigenvalue weighted by Crippen LogP contribution is -2.20. The Kier molecular flexibility index (Phi) is 4.70. The Balaban J connectivity index is 1.89. The number of fused-ring (bicyclic) bond motifs is 1. The van der Waals surface area contributed by atoms with Gasteiger partial charge >= 0.3 is 0 Å². The predicted molar refractivity (Wildman–Crippen MR) is 112 cm³/mol. The molecule has 0 bridgehead atoms. The first-order chi connectivity index (χ1) is 14.0. The highest BCUT2D eigenvalue weighted by Gasteiger charge is 2.13. The molecule has 0 aliphatic rings. The molecule has 0 aliphatic heterocycles. The summed E-state index contributed by atoms with van der Waals surface area (Å²) in [6.45, 7) is 1.95. The topological polar surface area (TPSA) is 90.4 Å². The maximum Gasteiger partial charge on any atom is 0.282 e. The predicted octanol–water partition coefficient (Wildman–Crippen LogP) is 4.16. The summed E-state index contributed by atoms with van der Waals surface area (Å²) < 4.78 is 1.27. The van der Waals surface area contributed by atoms with E-state index >= 15 is 0 Å². The molecule has 0 N–H and O–H groups in total. The Morgan fingerprint density at radius 1 is 1.00 bits per heavy atom. The number of benzene rings is 3. The molecule has 4 aromatic rings. The molecule has 0 saturated heterocycles. The first kappa shape index (κ1) is 18.2. The smallest absolute Gasteiger partial charge is 0.267 e. The van der Waals surface area contributed by atoms with Gasteiger partial charge in [-0.1, -0.05) is 36.4 Å².